The number of carbonyl (C=O) groups is 1. The molecule has 1 aromatic carbocycles. The van der Waals surface area contributed by atoms with E-state index in [2.05, 4.69) is 15.9 Å². The standard InChI is InChI=1S/C13H17BrN2O5/c1-3-20-12(17)13(2,15)6-7-21-11-8-9(16(18)19)4-5-10(11)14/h4-5,8H,3,6-7,15H2,1-2H3. The maximum Gasteiger partial charge on any atom is 0.325 e. The number of rotatable bonds is 7. The first-order valence-electron chi connectivity index (χ1n) is 6.30. The van der Waals surface area contributed by atoms with Crippen molar-refractivity contribution in [1.82, 2.24) is 0 Å². The molecule has 0 fully saturated rings. The van der Waals surface area contributed by atoms with Gasteiger partial charge in [-0.1, -0.05) is 0 Å². The highest BCUT2D eigenvalue weighted by molar-refractivity contribution is 9.10. The lowest BCUT2D eigenvalue weighted by Gasteiger charge is -2.22. The van der Waals surface area contributed by atoms with E-state index in [9.17, 15) is 14.9 Å². The zero-order chi connectivity index (χ0) is 16.0. The van der Waals surface area contributed by atoms with Gasteiger partial charge in [0.1, 0.15) is 11.3 Å². The Morgan fingerprint density at radius 1 is 1.52 bits per heavy atom. The topological polar surface area (TPSA) is 105 Å². The summed E-state index contributed by atoms with van der Waals surface area (Å²) in [7, 11) is 0. The summed E-state index contributed by atoms with van der Waals surface area (Å²) in [5.41, 5.74) is 4.61. The van der Waals surface area contributed by atoms with Crippen LogP contribution in [0.5, 0.6) is 5.75 Å². The molecule has 0 aliphatic carbocycles. The molecule has 1 unspecified atom stereocenters. The van der Waals surface area contributed by atoms with Gasteiger partial charge in [0.2, 0.25) is 0 Å². The van der Waals surface area contributed by atoms with E-state index >= 15 is 0 Å². The van der Waals surface area contributed by atoms with Gasteiger partial charge in [-0.3, -0.25) is 14.9 Å². The second-order valence-electron chi connectivity index (χ2n) is 4.61. The number of nitro groups is 1. The van der Waals surface area contributed by atoms with Gasteiger partial charge >= 0.3 is 5.97 Å². The van der Waals surface area contributed by atoms with Crippen molar-refractivity contribution in [3.8, 4) is 5.75 Å². The molecule has 2 N–H and O–H groups in total. The third kappa shape index (κ3) is 4.98. The number of nitro benzene ring substituents is 1. The Hall–Kier alpha value is -1.67. The lowest BCUT2D eigenvalue weighted by Crippen LogP contribution is -2.47. The molecular formula is C13H17BrN2O5. The van der Waals surface area contributed by atoms with E-state index in [0.717, 1.165) is 0 Å². The van der Waals surface area contributed by atoms with Crippen molar-refractivity contribution in [2.45, 2.75) is 25.8 Å². The van der Waals surface area contributed by atoms with Crippen LogP contribution >= 0.6 is 15.9 Å². The van der Waals surface area contributed by atoms with Gasteiger partial charge in [-0.15, -0.1) is 0 Å². The number of non-ortho nitro benzene ring substituents is 1. The molecule has 0 spiro atoms. The van der Waals surface area contributed by atoms with Crippen molar-refractivity contribution in [2.24, 2.45) is 5.73 Å². The number of carbonyl (C=O) groups excluding carboxylic acids is 1. The quantitative estimate of drug-likeness (QED) is 0.454. The minimum atomic E-state index is -1.16. The largest absolute Gasteiger partial charge is 0.492 e. The highest BCUT2D eigenvalue weighted by Crippen LogP contribution is 2.29. The number of nitrogens with two attached hydrogens (primary N) is 1. The predicted octanol–water partition coefficient (Wildman–Crippen LogP) is 2.41. The van der Waals surface area contributed by atoms with Crippen LogP contribution in [-0.4, -0.2) is 29.6 Å². The fraction of sp³-hybridized carbons (Fsp3) is 0.462. The average Bonchev–Trinajstić information content (AvgIpc) is 2.40. The first-order chi connectivity index (χ1) is 9.77. The molecule has 0 aliphatic rings. The number of hydrogen-bond donors (Lipinski definition) is 1. The summed E-state index contributed by atoms with van der Waals surface area (Å²) in [6.45, 7) is 3.63. The van der Waals surface area contributed by atoms with E-state index in [1.165, 1.54) is 18.2 Å². The molecule has 1 aromatic rings. The van der Waals surface area contributed by atoms with Crippen molar-refractivity contribution in [2.75, 3.05) is 13.2 Å². The minimum Gasteiger partial charge on any atom is -0.492 e. The molecule has 0 radical (unpaired) electrons. The molecule has 21 heavy (non-hydrogen) atoms. The Morgan fingerprint density at radius 2 is 2.19 bits per heavy atom. The Bertz CT molecular complexity index is 533. The summed E-state index contributed by atoms with van der Waals surface area (Å²) < 4.78 is 10.9. The molecule has 0 aromatic heterocycles. The van der Waals surface area contributed by atoms with Crippen LogP contribution in [0.3, 0.4) is 0 Å². The third-order valence-electron chi connectivity index (χ3n) is 2.75. The smallest absolute Gasteiger partial charge is 0.325 e. The lowest BCUT2D eigenvalue weighted by atomic mass is 10.0. The van der Waals surface area contributed by atoms with E-state index in [0.29, 0.717) is 10.2 Å². The van der Waals surface area contributed by atoms with Gasteiger partial charge in [0, 0.05) is 12.5 Å². The van der Waals surface area contributed by atoms with Crippen LogP contribution in [0.1, 0.15) is 20.3 Å². The third-order valence-corrected chi connectivity index (χ3v) is 3.40. The number of halogens is 1. The number of nitrogens with zero attached hydrogens (tertiary/aromatic N) is 1. The van der Waals surface area contributed by atoms with Gasteiger partial charge < -0.3 is 15.2 Å². The number of benzene rings is 1. The Labute approximate surface area is 130 Å². The Morgan fingerprint density at radius 3 is 2.76 bits per heavy atom. The second kappa shape index (κ2) is 7.37. The summed E-state index contributed by atoms with van der Waals surface area (Å²) >= 11 is 3.24. The molecule has 7 nitrogen and oxygen atoms in total. The van der Waals surface area contributed by atoms with E-state index < -0.39 is 16.4 Å². The zero-order valence-corrected chi connectivity index (χ0v) is 13.4. The first kappa shape index (κ1) is 17.4. The van der Waals surface area contributed by atoms with Crippen molar-refractivity contribution in [3.05, 3.63) is 32.8 Å². The van der Waals surface area contributed by atoms with Gasteiger partial charge in [0.15, 0.2) is 0 Å². The highest BCUT2D eigenvalue weighted by Gasteiger charge is 2.29. The van der Waals surface area contributed by atoms with E-state index in [-0.39, 0.29) is 25.3 Å². The molecule has 0 saturated heterocycles. The van der Waals surface area contributed by atoms with Crippen LogP contribution < -0.4 is 10.5 Å². The van der Waals surface area contributed by atoms with Crippen LogP contribution in [0.15, 0.2) is 22.7 Å². The van der Waals surface area contributed by atoms with Crippen molar-refractivity contribution in [3.63, 3.8) is 0 Å². The zero-order valence-electron chi connectivity index (χ0n) is 11.8. The minimum absolute atomic E-state index is 0.0749. The van der Waals surface area contributed by atoms with Crippen molar-refractivity contribution in [1.29, 1.82) is 0 Å². The molecular weight excluding hydrogens is 344 g/mol. The van der Waals surface area contributed by atoms with Gasteiger partial charge in [-0.2, -0.15) is 0 Å². The molecule has 1 atom stereocenters. The normalized spacial score (nSPS) is 13.3. The molecule has 1 rings (SSSR count). The van der Waals surface area contributed by atoms with E-state index in [1.807, 2.05) is 0 Å². The Kier molecular flexibility index (Phi) is 6.10. The maximum atomic E-state index is 11.6. The van der Waals surface area contributed by atoms with Crippen molar-refractivity contribution < 1.29 is 19.2 Å². The summed E-state index contributed by atoms with van der Waals surface area (Å²) in [5, 5.41) is 10.7. The summed E-state index contributed by atoms with van der Waals surface area (Å²) in [6, 6.07) is 4.20. The highest BCUT2D eigenvalue weighted by atomic mass is 79.9. The summed E-state index contributed by atoms with van der Waals surface area (Å²) in [4.78, 5) is 21.8. The average molecular weight is 361 g/mol. The van der Waals surface area contributed by atoms with Crippen molar-refractivity contribution >= 4 is 27.6 Å². The van der Waals surface area contributed by atoms with Gasteiger partial charge in [-0.25, -0.2) is 0 Å². The lowest BCUT2D eigenvalue weighted by molar-refractivity contribution is -0.385. The van der Waals surface area contributed by atoms with Gasteiger partial charge in [-0.05, 0) is 35.8 Å². The van der Waals surface area contributed by atoms with E-state index in [1.54, 1.807) is 13.8 Å². The summed E-state index contributed by atoms with van der Waals surface area (Å²) in [5.74, 6) is -0.185. The number of ether oxygens (including phenoxy) is 2. The second-order valence-corrected chi connectivity index (χ2v) is 5.46. The molecule has 0 bridgehead atoms. The van der Waals surface area contributed by atoms with Crippen LogP contribution in [0.4, 0.5) is 5.69 Å². The fourth-order valence-corrected chi connectivity index (χ4v) is 1.85. The molecule has 0 aliphatic heterocycles. The SMILES string of the molecule is CCOC(=O)C(C)(N)CCOc1cc([N+](=O)[O-])ccc1Br. The van der Waals surface area contributed by atoms with Gasteiger partial charge in [0.05, 0.1) is 28.7 Å². The molecule has 8 heteroatoms. The first-order valence-corrected chi connectivity index (χ1v) is 7.10. The Balaban J connectivity index is 2.65. The molecule has 0 amide bonds. The fourth-order valence-electron chi connectivity index (χ4n) is 1.49. The van der Waals surface area contributed by atoms with Crippen LogP contribution in [0, 0.1) is 10.1 Å². The molecule has 116 valence electrons. The summed E-state index contributed by atoms with van der Waals surface area (Å²) in [6.07, 6.45) is 0.223. The molecule has 0 heterocycles. The van der Waals surface area contributed by atoms with E-state index in [4.69, 9.17) is 15.2 Å². The maximum absolute atomic E-state index is 11.6. The predicted molar refractivity (Wildman–Crippen MR) is 80.1 cm³/mol. The van der Waals surface area contributed by atoms with Gasteiger partial charge in [0.25, 0.3) is 5.69 Å². The number of esters is 1. The number of hydrogen-bond acceptors (Lipinski definition) is 6. The molecule has 0 saturated carbocycles. The van der Waals surface area contributed by atoms with Crippen LogP contribution in [0.25, 0.3) is 0 Å². The van der Waals surface area contributed by atoms with Crippen LogP contribution in [0.2, 0.25) is 0 Å². The van der Waals surface area contributed by atoms with Crippen LogP contribution in [-0.2, 0) is 9.53 Å². The monoisotopic (exact) mass is 360 g/mol.